The van der Waals surface area contributed by atoms with Gasteiger partial charge in [0.2, 0.25) is 0 Å². The highest BCUT2D eigenvalue weighted by Crippen LogP contribution is 2.42. The molecule has 0 radical (unpaired) electrons. The van der Waals surface area contributed by atoms with Crippen molar-refractivity contribution >= 4 is 11.9 Å². The number of carbonyl (C=O) groups excluding carboxylic acids is 1. The molecular weight excluding hydrogens is 248 g/mol. The van der Waals surface area contributed by atoms with E-state index in [9.17, 15) is 19.8 Å². The highest BCUT2D eigenvalue weighted by Gasteiger charge is 2.52. The van der Waals surface area contributed by atoms with Gasteiger partial charge in [0.25, 0.3) is 0 Å². The molecule has 0 aromatic rings. The van der Waals surface area contributed by atoms with E-state index in [1.54, 1.807) is 6.92 Å². The number of ether oxygens (including phenoxy) is 1. The van der Waals surface area contributed by atoms with Gasteiger partial charge in [-0.1, -0.05) is 26.2 Å². The Hall–Kier alpha value is -1.10. The van der Waals surface area contributed by atoms with Crippen LogP contribution in [-0.4, -0.2) is 34.4 Å². The monoisotopic (exact) mass is 272 g/mol. The number of rotatable bonds is 7. The first-order chi connectivity index (χ1) is 8.90. The Bertz CT molecular complexity index is 333. The summed E-state index contributed by atoms with van der Waals surface area (Å²) in [7, 11) is 0. The molecule has 0 amide bonds. The fourth-order valence-electron chi connectivity index (χ4n) is 3.00. The molecule has 0 bridgehead atoms. The van der Waals surface area contributed by atoms with E-state index in [2.05, 4.69) is 0 Å². The SMILES string of the molecule is CCCC(CC1(O)CCCC1)(C(=O)O)C(=O)OCC. The van der Waals surface area contributed by atoms with Crippen LogP contribution >= 0.6 is 0 Å². The van der Waals surface area contributed by atoms with E-state index in [0.717, 1.165) is 12.8 Å². The summed E-state index contributed by atoms with van der Waals surface area (Å²) in [5.41, 5.74) is -2.65. The molecule has 0 spiro atoms. The lowest BCUT2D eigenvalue weighted by molar-refractivity contribution is -0.174. The predicted molar refractivity (Wildman–Crippen MR) is 69.6 cm³/mol. The molecule has 0 aromatic carbocycles. The first-order valence-corrected chi connectivity index (χ1v) is 7.03. The lowest BCUT2D eigenvalue weighted by Gasteiger charge is -2.34. The average molecular weight is 272 g/mol. The summed E-state index contributed by atoms with van der Waals surface area (Å²) in [4.78, 5) is 23.8. The fourth-order valence-corrected chi connectivity index (χ4v) is 3.00. The lowest BCUT2D eigenvalue weighted by atomic mass is 9.73. The smallest absolute Gasteiger partial charge is 0.323 e. The summed E-state index contributed by atoms with van der Waals surface area (Å²) in [5.74, 6) is -1.90. The molecule has 1 aliphatic carbocycles. The summed E-state index contributed by atoms with van der Waals surface area (Å²) < 4.78 is 4.95. The van der Waals surface area contributed by atoms with Gasteiger partial charge in [0, 0.05) is 6.42 Å². The van der Waals surface area contributed by atoms with Gasteiger partial charge >= 0.3 is 11.9 Å². The molecule has 5 heteroatoms. The molecule has 2 N–H and O–H groups in total. The Morgan fingerprint density at radius 3 is 2.26 bits per heavy atom. The number of esters is 1. The Morgan fingerprint density at radius 2 is 1.84 bits per heavy atom. The number of hydrogen-bond acceptors (Lipinski definition) is 4. The van der Waals surface area contributed by atoms with Crippen molar-refractivity contribution in [2.24, 2.45) is 5.41 Å². The van der Waals surface area contributed by atoms with E-state index in [1.807, 2.05) is 6.92 Å². The van der Waals surface area contributed by atoms with Gasteiger partial charge in [-0.25, -0.2) is 0 Å². The average Bonchev–Trinajstić information content (AvgIpc) is 2.75. The van der Waals surface area contributed by atoms with Crippen molar-refractivity contribution in [1.82, 2.24) is 0 Å². The predicted octanol–water partition coefficient (Wildman–Crippen LogP) is 2.12. The van der Waals surface area contributed by atoms with Crippen molar-refractivity contribution in [2.75, 3.05) is 6.61 Å². The molecule has 1 atom stereocenters. The third-order valence-electron chi connectivity index (χ3n) is 3.92. The van der Waals surface area contributed by atoms with Crippen molar-refractivity contribution in [3.8, 4) is 0 Å². The van der Waals surface area contributed by atoms with Gasteiger partial charge < -0.3 is 14.9 Å². The summed E-state index contributed by atoms with van der Waals surface area (Å²) in [6.45, 7) is 3.63. The molecule has 0 aromatic heterocycles. The van der Waals surface area contributed by atoms with Crippen LogP contribution in [0.2, 0.25) is 0 Å². The maximum Gasteiger partial charge on any atom is 0.323 e. The van der Waals surface area contributed by atoms with Crippen LogP contribution in [0.25, 0.3) is 0 Å². The van der Waals surface area contributed by atoms with Crippen LogP contribution in [0.3, 0.4) is 0 Å². The topological polar surface area (TPSA) is 83.8 Å². The molecule has 1 rings (SSSR count). The molecule has 5 nitrogen and oxygen atoms in total. The molecule has 0 heterocycles. The van der Waals surface area contributed by atoms with E-state index in [1.165, 1.54) is 0 Å². The minimum absolute atomic E-state index is 0.0397. The lowest BCUT2D eigenvalue weighted by Crippen LogP contribution is -2.46. The second-order valence-corrected chi connectivity index (χ2v) is 5.47. The van der Waals surface area contributed by atoms with Crippen LogP contribution < -0.4 is 0 Å². The van der Waals surface area contributed by atoms with E-state index in [4.69, 9.17) is 4.74 Å². The summed E-state index contributed by atoms with van der Waals surface area (Å²) >= 11 is 0. The molecular formula is C14H24O5. The molecule has 1 fully saturated rings. The van der Waals surface area contributed by atoms with Gasteiger partial charge in [0.15, 0.2) is 5.41 Å². The number of carboxylic acid groups (broad SMARTS) is 1. The normalized spacial score (nSPS) is 20.8. The Balaban J connectivity index is 3.01. The molecule has 19 heavy (non-hydrogen) atoms. The minimum Gasteiger partial charge on any atom is -0.480 e. The van der Waals surface area contributed by atoms with Gasteiger partial charge in [-0.3, -0.25) is 9.59 Å². The number of hydrogen-bond donors (Lipinski definition) is 2. The molecule has 0 saturated heterocycles. The maximum atomic E-state index is 12.1. The first-order valence-electron chi connectivity index (χ1n) is 7.03. The molecule has 0 aliphatic heterocycles. The number of aliphatic carboxylic acids is 1. The highest BCUT2D eigenvalue weighted by molar-refractivity contribution is 5.99. The molecule has 1 saturated carbocycles. The van der Waals surface area contributed by atoms with Crippen LogP contribution in [-0.2, 0) is 14.3 Å². The number of carboxylic acids is 1. The second-order valence-electron chi connectivity index (χ2n) is 5.47. The standard InChI is InChI=1S/C14H24O5/c1-3-7-14(11(15)16,12(17)19-4-2)10-13(18)8-5-6-9-13/h18H,3-10H2,1-2H3,(H,15,16). The van der Waals surface area contributed by atoms with E-state index < -0.39 is 23.0 Å². The van der Waals surface area contributed by atoms with Gasteiger partial charge in [-0.05, 0) is 26.2 Å². The zero-order valence-electron chi connectivity index (χ0n) is 11.8. The summed E-state index contributed by atoms with van der Waals surface area (Å²) in [6, 6.07) is 0. The largest absolute Gasteiger partial charge is 0.480 e. The van der Waals surface area contributed by atoms with Gasteiger partial charge in [0.05, 0.1) is 12.2 Å². The highest BCUT2D eigenvalue weighted by atomic mass is 16.5. The molecule has 1 unspecified atom stereocenters. The van der Waals surface area contributed by atoms with Crippen molar-refractivity contribution in [2.45, 2.75) is 64.4 Å². The van der Waals surface area contributed by atoms with Crippen molar-refractivity contribution in [3.05, 3.63) is 0 Å². The third kappa shape index (κ3) is 3.47. The number of aliphatic hydroxyl groups is 1. The first kappa shape index (κ1) is 16.0. The van der Waals surface area contributed by atoms with Crippen LogP contribution in [0, 0.1) is 5.41 Å². The van der Waals surface area contributed by atoms with Crippen molar-refractivity contribution in [3.63, 3.8) is 0 Å². The van der Waals surface area contributed by atoms with Crippen LogP contribution in [0.1, 0.15) is 58.8 Å². The fraction of sp³-hybridized carbons (Fsp3) is 0.857. The van der Waals surface area contributed by atoms with Crippen molar-refractivity contribution < 1.29 is 24.5 Å². The van der Waals surface area contributed by atoms with E-state index in [-0.39, 0.29) is 19.4 Å². The Kier molecular flexibility index (Phi) is 5.35. The third-order valence-corrected chi connectivity index (χ3v) is 3.92. The zero-order valence-corrected chi connectivity index (χ0v) is 11.8. The van der Waals surface area contributed by atoms with E-state index in [0.29, 0.717) is 19.3 Å². The zero-order chi connectivity index (χ0) is 14.5. The van der Waals surface area contributed by atoms with Crippen molar-refractivity contribution in [1.29, 1.82) is 0 Å². The Morgan fingerprint density at radius 1 is 1.26 bits per heavy atom. The van der Waals surface area contributed by atoms with Gasteiger partial charge in [-0.15, -0.1) is 0 Å². The van der Waals surface area contributed by atoms with Crippen LogP contribution in [0.5, 0.6) is 0 Å². The van der Waals surface area contributed by atoms with Crippen LogP contribution in [0.4, 0.5) is 0 Å². The van der Waals surface area contributed by atoms with E-state index >= 15 is 0 Å². The summed E-state index contributed by atoms with van der Waals surface area (Å²) in [6.07, 6.45) is 3.59. The molecule has 1 aliphatic rings. The van der Waals surface area contributed by atoms with Gasteiger partial charge in [0.1, 0.15) is 0 Å². The minimum atomic E-state index is -1.61. The number of carbonyl (C=O) groups is 2. The maximum absolute atomic E-state index is 12.1. The second kappa shape index (κ2) is 6.37. The van der Waals surface area contributed by atoms with Crippen LogP contribution in [0.15, 0.2) is 0 Å². The summed E-state index contributed by atoms with van der Waals surface area (Å²) in [5, 5.41) is 20.0. The quantitative estimate of drug-likeness (QED) is 0.548. The Labute approximate surface area is 114 Å². The molecule has 110 valence electrons. The van der Waals surface area contributed by atoms with Gasteiger partial charge in [-0.2, -0.15) is 0 Å².